The van der Waals surface area contributed by atoms with Crippen LogP contribution in [0.2, 0.25) is 0 Å². The fraction of sp³-hybridized carbons (Fsp3) is 0.333. The highest BCUT2D eigenvalue weighted by atomic mass is 32.2. The van der Waals surface area contributed by atoms with Crippen molar-refractivity contribution in [2.75, 3.05) is 29.5 Å². The van der Waals surface area contributed by atoms with Crippen molar-refractivity contribution >= 4 is 56.5 Å². The molecule has 9 nitrogen and oxygen atoms in total. The minimum atomic E-state index is -0.282. The zero-order chi connectivity index (χ0) is 20.9. The van der Waals surface area contributed by atoms with E-state index in [1.807, 2.05) is 6.92 Å². The number of hydrogen-bond acceptors (Lipinski definition) is 10. The van der Waals surface area contributed by atoms with Crippen LogP contribution in [0, 0.1) is 0 Å². The quantitative estimate of drug-likeness (QED) is 0.408. The first-order chi connectivity index (χ1) is 14.6. The van der Waals surface area contributed by atoms with Gasteiger partial charge in [0.2, 0.25) is 11.0 Å². The molecule has 3 aromatic rings. The van der Waals surface area contributed by atoms with Gasteiger partial charge in [0.15, 0.2) is 9.47 Å². The van der Waals surface area contributed by atoms with Crippen molar-refractivity contribution in [1.29, 1.82) is 0 Å². The van der Waals surface area contributed by atoms with Gasteiger partial charge in [-0.25, -0.2) is 4.98 Å². The van der Waals surface area contributed by atoms with Gasteiger partial charge in [-0.15, -0.1) is 21.5 Å². The molecule has 4 heterocycles. The van der Waals surface area contributed by atoms with E-state index in [4.69, 9.17) is 0 Å². The SMILES string of the molecule is CCSc1nnc(NC(=O)CN2CCc3nc(NC(=O)c4ccccn4)sc3C2)s1. The number of hydrogen-bond donors (Lipinski definition) is 2. The number of carbonyl (C=O) groups is 2. The van der Waals surface area contributed by atoms with Crippen LogP contribution in [-0.2, 0) is 17.8 Å². The minimum absolute atomic E-state index is 0.115. The summed E-state index contributed by atoms with van der Waals surface area (Å²) < 4.78 is 0.848. The Morgan fingerprint density at radius 3 is 2.90 bits per heavy atom. The number of thiazole rings is 1. The van der Waals surface area contributed by atoms with Gasteiger partial charge >= 0.3 is 0 Å². The maximum Gasteiger partial charge on any atom is 0.276 e. The van der Waals surface area contributed by atoms with Crippen molar-refractivity contribution in [3.63, 3.8) is 0 Å². The number of anilines is 2. The maximum atomic E-state index is 12.4. The van der Waals surface area contributed by atoms with Crippen LogP contribution in [0.15, 0.2) is 28.7 Å². The molecule has 1 aliphatic rings. The number of aromatic nitrogens is 4. The van der Waals surface area contributed by atoms with Gasteiger partial charge in [0.05, 0.1) is 12.2 Å². The molecule has 0 unspecified atom stereocenters. The summed E-state index contributed by atoms with van der Waals surface area (Å²) in [6.07, 6.45) is 2.31. The number of thioether (sulfide) groups is 1. The van der Waals surface area contributed by atoms with Crippen molar-refractivity contribution in [2.24, 2.45) is 0 Å². The molecule has 0 atom stereocenters. The Labute approximate surface area is 185 Å². The maximum absolute atomic E-state index is 12.4. The van der Waals surface area contributed by atoms with Crippen LogP contribution in [0.3, 0.4) is 0 Å². The van der Waals surface area contributed by atoms with E-state index in [-0.39, 0.29) is 18.4 Å². The third-order valence-corrected chi connectivity index (χ3v) is 7.07. The molecule has 0 radical (unpaired) electrons. The first kappa shape index (κ1) is 20.8. The number of amides is 2. The van der Waals surface area contributed by atoms with Crippen molar-refractivity contribution < 1.29 is 9.59 Å². The van der Waals surface area contributed by atoms with Gasteiger partial charge in [-0.05, 0) is 17.9 Å². The van der Waals surface area contributed by atoms with Gasteiger partial charge in [-0.2, -0.15) is 0 Å². The van der Waals surface area contributed by atoms with Crippen molar-refractivity contribution in [3.8, 4) is 0 Å². The highest BCUT2D eigenvalue weighted by Crippen LogP contribution is 2.29. The highest BCUT2D eigenvalue weighted by Gasteiger charge is 2.23. The summed E-state index contributed by atoms with van der Waals surface area (Å²) in [6, 6.07) is 5.19. The van der Waals surface area contributed by atoms with Gasteiger partial charge in [-0.1, -0.05) is 36.1 Å². The third-order valence-electron chi connectivity index (χ3n) is 4.22. The largest absolute Gasteiger partial charge is 0.299 e. The summed E-state index contributed by atoms with van der Waals surface area (Å²) in [6.45, 7) is 3.66. The fourth-order valence-corrected chi connectivity index (χ4v) is 5.61. The van der Waals surface area contributed by atoms with Crippen molar-refractivity contribution in [2.45, 2.75) is 24.2 Å². The Morgan fingerprint density at radius 1 is 1.20 bits per heavy atom. The zero-order valence-corrected chi connectivity index (χ0v) is 18.6. The lowest BCUT2D eigenvalue weighted by atomic mass is 10.2. The van der Waals surface area contributed by atoms with Gasteiger partial charge < -0.3 is 0 Å². The van der Waals surface area contributed by atoms with Crippen LogP contribution in [0.1, 0.15) is 28.0 Å². The highest BCUT2D eigenvalue weighted by molar-refractivity contribution is 8.01. The van der Waals surface area contributed by atoms with Gasteiger partial charge in [-0.3, -0.25) is 30.1 Å². The van der Waals surface area contributed by atoms with Crippen LogP contribution >= 0.6 is 34.4 Å². The smallest absolute Gasteiger partial charge is 0.276 e. The van der Waals surface area contributed by atoms with E-state index in [0.29, 0.717) is 22.5 Å². The van der Waals surface area contributed by atoms with Crippen LogP contribution < -0.4 is 10.6 Å². The Balaban J connectivity index is 1.32. The summed E-state index contributed by atoms with van der Waals surface area (Å²) in [7, 11) is 0. The molecule has 0 bridgehead atoms. The van der Waals surface area contributed by atoms with E-state index in [0.717, 1.165) is 33.6 Å². The van der Waals surface area contributed by atoms with Gasteiger partial charge in [0, 0.05) is 30.6 Å². The predicted octanol–water partition coefficient (Wildman–Crippen LogP) is 2.75. The molecule has 12 heteroatoms. The molecule has 0 fully saturated rings. The summed E-state index contributed by atoms with van der Waals surface area (Å²) in [5.74, 6) is 0.518. The lowest BCUT2D eigenvalue weighted by Crippen LogP contribution is -2.36. The molecule has 0 saturated carbocycles. The molecule has 2 amide bonds. The number of carbonyl (C=O) groups excluding carboxylic acids is 2. The lowest BCUT2D eigenvalue weighted by Gasteiger charge is -2.24. The molecule has 3 aromatic heterocycles. The molecule has 1 aliphatic heterocycles. The predicted molar refractivity (Wildman–Crippen MR) is 118 cm³/mol. The van der Waals surface area contributed by atoms with Crippen LogP contribution in [0.4, 0.5) is 10.3 Å². The molecule has 0 aromatic carbocycles. The number of rotatable bonds is 7. The molecule has 156 valence electrons. The molecule has 0 aliphatic carbocycles. The van der Waals surface area contributed by atoms with Crippen LogP contribution in [0.5, 0.6) is 0 Å². The van der Waals surface area contributed by atoms with Gasteiger partial charge in [0.1, 0.15) is 5.69 Å². The van der Waals surface area contributed by atoms with Crippen molar-refractivity contribution in [3.05, 3.63) is 40.7 Å². The molecule has 0 saturated heterocycles. The minimum Gasteiger partial charge on any atom is -0.299 e. The normalized spacial score (nSPS) is 13.6. The standard InChI is InChI=1S/C18H19N7O2S3/c1-2-28-18-24-23-17(30-18)21-14(26)10-25-8-6-11-13(9-25)29-16(20-11)22-15(27)12-5-3-4-7-19-12/h3-5,7H,2,6,8-10H2,1H3,(H,20,22,27)(H,21,23,26). The molecular formula is C18H19N7O2S3. The summed E-state index contributed by atoms with van der Waals surface area (Å²) in [5, 5.41) is 14.7. The van der Waals surface area contributed by atoms with E-state index < -0.39 is 0 Å². The summed E-state index contributed by atoms with van der Waals surface area (Å²) in [5.41, 5.74) is 1.32. The Morgan fingerprint density at radius 2 is 2.10 bits per heavy atom. The van der Waals surface area contributed by atoms with Crippen LogP contribution in [0.25, 0.3) is 0 Å². The summed E-state index contributed by atoms with van der Waals surface area (Å²) in [4.78, 5) is 36.3. The van der Waals surface area contributed by atoms with E-state index >= 15 is 0 Å². The second-order valence-electron chi connectivity index (χ2n) is 6.37. The van der Waals surface area contributed by atoms with Crippen molar-refractivity contribution in [1.82, 2.24) is 25.1 Å². The summed E-state index contributed by atoms with van der Waals surface area (Å²) >= 11 is 4.42. The number of pyridine rings is 1. The Hall–Kier alpha value is -2.41. The number of fused-ring (bicyclic) bond motifs is 1. The van der Waals surface area contributed by atoms with Crippen LogP contribution in [-0.4, -0.2) is 55.7 Å². The molecule has 2 N–H and O–H groups in total. The monoisotopic (exact) mass is 461 g/mol. The first-order valence-corrected chi connectivity index (χ1v) is 11.9. The van der Waals surface area contributed by atoms with Gasteiger partial charge in [0.25, 0.3) is 5.91 Å². The Bertz CT molecular complexity index is 1040. The van der Waals surface area contributed by atoms with E-state index in [1.54, 1.807) is 36.2 Å². The average Bonchev–Trinajstić information content (AvgIpc) is 3.34. The first-order valence-electron chi connectivity index (χ1n) is 9.30. The molecule has 0 spiro atoms. The fourth-order valence-electron chi connectivity index (χ4n) is 2.90. The third kappa shape index (κ3) is 5.19. The average molecular weight is 462 g/mol. The molecular weight excluding hydrogens is 442 g/mol. The second-order valence-corrected chi connectivity index (χ2v) is 9.95. The van der Waals surface area contributed by atoms with E-state index in [9.17, 15) is 9.59 Å². The molecule has 30 heavy (non-hydrogen) atoms. The van der Waals surface area contributed by atoms with E-state index in [1.165, 1.54) is 22.7 Å². The zero-order valence-electron chi connectivity index (χ0n) is 16.1. The topological polar surface area (TPSA) is 113 Å². The Kier molecular flexibility index (Phi) is 6.67. The van der Waals surface area contributed by atoms with E-state index in [2.05, 4.69) is 35.7 Å². The molecule has 4 rings (SSSR count). The number of nitrogens with one attached hydrogen (secondary N) is 2. The number of nitrogens with zero attached hydrogens (tertiary/aromatic N) is 5. The second kappa shape index (κ2) is 9.60. The lowest BCUT2D eigenvalue weighted by molar-refractivity contribution is -0.117.